The summed E-state index contributed by atoms with van der Waals surface area (Å²) in [6.07, 6.45) is 3.32. The molecule has 1 heterocycles. The van der Waals surface area contributed by atoms with Crippen molar-refractivity contribution in [2.45, 2.75) is 26.8 Å². The van der Waals surface area contributed by atoms with Crippen molar-refractivity contribution in [3.63, 3.8) is 0 Å². The summed E-state index contributed by atoms with van der Waals surface area (Å²) in [6, 6.07) is 8.54. The van der Waals surface area contributed by atoms with E-state index in [0.717, 1.165) is 26.1 Å². The van der Waals surface area contributed by atoms with Gasteiger partial charge in [-0.05, 0) is 36.6 Å². The van der Waals surface area contributed by atoms with Crippen molar-refractivity contribution in [2.24, 2.45) is 18.2 Å². The first-order valence-electron chi connectivity index (χ1n) is 6.97. The molecule has 1 aromatic carbocycles. The summed E-state index contributed by atoms with van der Waals surface area (Å²) in [5.41, 5.74) is 8.63. The van der Waals surface area contributed by atoms with Crippen molar-refractivity contribution < 1.29 is 0 Å². The smallest absolute Gasteiger partial charge is 0.0481 e. The lowest BCUT2D eigenvalue weighted by molar-refractivity contribution is 0.339. The van der Waals surface area contributed by atoms with Crippen molar-refractivity contribution >= 4 is 10.9 Å². The molecule has 0 bridgehead atoms. The zero-order chi connectivity index (χ0) is 13.9. The van der Waals surface area contributed by atoms with Crippen LogP contribution in [0, 0.1) is 5.41 Å². The largest absolute Gasteiger partial charge is 0.350 e. The number of rotatable bonds is 6. The number of nitrogens with zero attached hydrogens (tertiary/aromatic N) is 1. The molecule has 2 aromatic rings. The number of nitrogens with two attached hydrogens (primary N) is 1. The van der Waals surface area contributed by atoms with E-state index in [0.29, 0.717) is 0 Å². The predicted molar refractivity (Wildman–Crippen MR) is 82.1 cm³/mol. The number of aryl methyl sites for hydroxylation is 1. The third-order valence-electron chi connectivity index (χ3n) is 3.83. The van der Waals surface area contributed by atoms with Gasteiger partial charge in [0.2, 0.25) is 0 Å². The topological polar surface area (TPSA) is 43.0 Å². The number of para-hydroxylation sites is 1. The molecular formula is C16H25N3. The lowest BCUT2D eigenvalue weighted by Crippen LogP contribution is -2.28. The fraction of sp³-hybridized carbons (Fsp3) is 0.500. The van der Waals surface area contributed by atoms with E-state index >= 15 is 0 Å². The van der Waals surface area contributed by atoms with Gasteiger partial charge in [0.05, 0.1) is 0 Å². The second-order valence-electron chi connectivity index (χ2n) is 6.08. The molecule has 2 rings (SSSR count). The van der Waals surface area contributed by atoms with Gasteiger partial charge in [-0.2, -0.15) is 0 Å². The maximum atomic E-state index is 5.75. The molecule has 0 aliphatic rings. The third kappa shape index (κ3) is 3.37. The van der Waals surface area contributed by atoms with Crippen molar-refractivity contribution in [1.29, 1.82) is 0 Å². The van der Waals surface area contributed by atoms with Gasteiger partial charge in [0.15, 0.2) is 0 Å². The van der Waals surface area contributed by atoms with Gasteiger partial charge < -0.3 is 15.6 Å². The number of hydrogen-bond donors (Lipinski definition) is 2. The van der Waals surface area contributed by atoms with Crippen LogP contribution < -0.4 is 11.1 Å². The lowest BCUT2D eigenvalue weighted by Gasteiger charge is -2.22. The molecule has 0 radical (unpaired) electrons. The Kier molecular flexibility index (Phi) is 4.27. The summed E-state index contributed by atoms with van der Waals surface area (Å²) < 4.78 is 2.19. The molecule has 0 amide bonds. The first-order valence-corrected chi connectivity index (χ1v) is 6.97. The molecule has 3 nitrogen and oxygen atoms in total. The van der Waals surface area contributed by atoms with Gasteiger partial charge in [-0.3, -0.25) is 0 Å². The minimum absolute atomic E-state index is 0.228. The molecule has 0 spiro atoms. The van der Waals surface area contributed by atoms with E-state index in [1.54, 1.807) is 0 Å². The average molecular weight is 259 g/mol. The van der Waals surface area contributed by atoms with Crippen molar-refractivity contribution in [3.05, 3.63) is 36.0 Å². The molecule has 0 fully saturated rings. The molecule has 3 heteroatoms. The van der Waals surface area contributed by atoms with Gasteiger partial charge in [0.1, 0.15) is 0 Å². The van der Waals surface area contributed by atoms with E-state index in [4.69, 9.17) is 5.73 Å². The van der Waals surface area contributed by atoms with Crippen LogP contribution in [0.1, 0.15) is 25.8 Å². The van der Waals surface area contributed by atoms with Crippen LogP contribution in [0.4, 0.5) is 0 Å². The summed E-state index contributed by atoms with van der Waals surface area (Å²) >= 11 is 0. The molecule has 3 N–H and O–H groups in total. The SMILES string of the molecule is Cn1cc(CNCCC(C)(C)CN)c2ccccc21. The van der Waals surface area contributed by atoms with Gasteiger partial charge in [-0.1, -0.05) is 32.0 Å². The van der Waals surface area contributed by atoms with E-state index < -0.39 is 0 Å². The second-order valence-corrected chi connectivity index (χ2v) is 6.08. The summed E-state index contributed by atoms with van der Waals surface area (Å²) in [4.78, 5) is 0. The zero-order valence-corrected chi connectivity index (χ0v) is 12.2. The fourth-order valence-electron chi connectivity index (χ4n) is 2.32. The Bertz CT molecular complexity index is 540. The Labute approximate surface area is 115 Å². The number of nitrogens with one attached hydrogen (secondary N) is 1. The number of fused-ring (bicyclic) bond motifs is 1. The minimum Gasteiger partial charge on any atom is -0.350 e. The van der Waals surface area contributed by atoms with Crippen LogP contribution >= 0.6 is 0 Å². The zero-order valence-electron chi connectivity index (χ0n) is 12.2. The minimum atomic E-state index is 0.228. The van der Waals surface area contributed by atoms with Crippen LogP contribution in [0.15, 0.2) is 30.5 Å². The van der Waals surface area contributed by atoms with E-state index in [1.807, 2.05) is 0 Å². The number of benzene rings is 1. The van der Waals surface area contributed by atoms with Gasteiger partial charge >= 0.3 is 0 Å². The maximum Gasteiger partial charge on any atom is 0.0481 e. The third-order valence-corrected chi connectivity index (χ3v) is 3.83. The molecule has 104 valence electrons. The van der Waals surface area contributed by atoms with Crippen molar-refractivity contribution in [2.75, 3.05) is 13.1 Å². The van der Waals surface area contributed by atoms with E-state index in [9.17, 15) is 0 Å². The molecule has 0 unspecified atom stereocenters. The first kappa shape index (κ1) is 14.1. The molecule has 19 heavy (non-hydrogen) atoms. The normalized spacial score (nSPS) is 12.2. The second kappa shape index (κ2) is 5.76. The molecule has 0 aliphatic heterocycles. The van der Waals surface area contributed by atoms with Crippen LogP contribution in [0.2, 0.25) is 0 Å². The van der Waals surface area contributed by atoms with Crippen molar-refractivity contribution in [3.8, 4) is 0 Å². The fourth-order valence-corrected chi connectivity index (χ4v) is 2.32. The van der Waals surface area contributed by atoms with Crippen LogP contribution in [0.25, 0.3) is 10.9 Å². The highest BCUT2D eigenvalue weighted by Gasteiger charge is 2.14. The van der Waals surface area contributed by atoms with E-state index in [1.165, 1.54) is 16.5 Å². The highest BCUT2D eigenvalue weighted by molar-refractivity contribution is 5.83. The number of aromatic nitrogens is 1. The van der Waals surface area contributed by atoms with E-state index in [-0.39, 0.29) is 5.41 Å². The van der Waals surface area contributed by atoms with Gasteiger partial charge in [0, 0.05) is 30.7 Å². The van der Waals surface area contributed by atoms with Crippen molar-refractivity contribution in [1.82, 2.24) is 9.88 Å². The molecule has 0 saturated heterocycles. The summed E-state index contributed by atoms with van der Waals surface area (Å²) in [5, 5.41) is 4.87. The van der Waals surface area contributed by atoms with Crippen LogP contribution in [-0.4, -0.2) is 17.7 Å². The number of hydrogen-bond acceptors (Lipinski definition) is 2. The summed E-state index contributed by atoms with van der Waals surface area (Å²) in [6.45, 7) is 7.09. The monoisotopic (exact) mass is 259 g/mol. The first-order chi connectivity index (χ1) is 9.03. The summed E-state index contributed by atoms with van der Waals surface area (Å²) in [5.74, 6) is 0. The molecule has 1 aromatic heterocycles. The van der Waals surface area contributed by atoms with Gasteiger partial charge in [-0.15, -0.1) is 0 Å². The van der Waals surface area contributed by atoms with Gasteiger partial charge in [-0.25, -0.2) is 0 Å². The highest BCUT2D eigenvalue weighted by atomic mass is 14.9. The Hall–Kier alpha value is -1.32. The Morgan fingerprint density at radius 1 is 1.26 bits per heavy atom. The molecular weight excluding hydrogens is 234 g/mol. The lowest BCUT2D eigenvalue weighted by atomic mass is 9.90. The maximum absolute atomic E-state index is 5.75. The standard InChI is InChI=1S/C16H25N3/c1-16(2,12-17)8-9-18-10-13-11-19(3)15-7-5-4-6-14(13)15/h4-7,11,18H,8-10,12,17H2,1-3H3. The van der Waals surface area contributed by atoms with Gasteiger partial charge in [0.25, 0.3) is 0 Å². The van der Waals surface area contributed by atoms with Crippen LogP contribution in [0.3, 0.4) is 0 Å². The average Bonchev–Trinajstić information content (AvgIpc) is 2.72. The van der Waals surface area contributed by atoms with E-state index in [2.05, 4.69) is 61.2 Å². The highest BCUT2D eigenvalue weighted by Crippen LogP contribution is 2.20. The molecule has 0 aliphatic carbocycles. The Morgan fingerprint density at radius 2 is 2.00 bits per heavy atom. The molecule has 0 saturated carbocycles. The Morgan fingerprint density at radius 3 is 2.74 bits per heavy atom. The van der Waals surface area contributed by atoms with Crippen LogP contribution in [0.5, 0.6) is 0 Å². The summed E-state index contributed by atoms with van der Waals surface area (Å²) in [7, 11) is 2.10. The molecule has 0 atom stereocenters. The predicted octanol–water partition coefficient (Wildman–Crippen LogP) is 2.64. The Balaban J connectivity index is 1.95. The quantitative estimate of drug-likeness (QED) is 0.783. The van der Waals surface area contributed by atoms with Crippen LogP contribution in [-0.2, 0) is 13.6 Å².